The maximum Gasteiger partial charge on any atom is 0.248 e. The molecule has 1 aromatic heterocycles. The summed E-state index contributed by atoms with van der Waals surface area (Å²) < 4.78 is 5.82. The van der Waals surface area contributed by atoms with Crippen molar-refractivity contribution in [3.8, 4) is 11.6 Å². The van der Waals surface area contributed by atoms with Crippen LogP contribution in [0.5, 0.6) is 11.6 Å². The number of aromatic nitrogens is 2. The zero-order valence-electron chi connectivity index (χ0n) is 14.8. The highest BCUT2D eigenvalue weighted by Crippen LogP contribution is 2.32. The molecule has 0 spiro atoms. The van der Waals surface area contributed by atoms with E-state index in [-0.39, 0.29) is 0 Å². The minimum Gasteiger partial charge on any atom is -0.437 e. The van der Waals surface area contributed by atoms with E-state index in [1.165, 1.54) is 6.33 Å². The van der Waals surface area contributed by atoms with Crippen LogP contribution in [0.4, 0.5) is 17.2 Å². The van der Waals surface area contributed by atoms with Crippen LogP contribution in [0.2, 0.25) is 5.02 Å². The lowest BCUT2D eigenvalue weighted by Gasteiger charge is -2.37. The van der Waals surface area contributed by atoms with Crippen LogP contribution in [0.1, 0.15) is 0 Å². The summed E-state index contributed by atoms with van der Waals surface area (Å²) in [6.07, 6.45) is 1.49. The number of ether oxygens (including phenoxy) is 1. The van der Waals surface area contributed by atoms with Crippen LogP contribution in [0.25, 0.3) is 0 Å². The minimum atomic E-state index is 0.378. The van der Waals surface area contributed by atoms with Gasteiger partial charge in [0, 0.05) is 36.9 Å². The van der Waals surface area contributed by atoms with Crippen LogP contribution in [-0.4, -0.2) is 36.1 Å². The van der Waals surface area contributed by atoms with Crippen molar-refractivity contribution in [3.05, 3.63) is 65.9 Å². The third kappa shape index (κ3) is 3.90. The maximum atomic E-state index is 6.30. The smallest absolute Gasteiger partial charge is 0.248 e. The van der Waals surface area contributed by atoms with Crippen molar-refractivity contribution in [2.45, 2.75) is 0 Å². The van der Waals surface area contributed by atoms with Crippen molar-refractivity contribution < 1.29 is 4.74 Å². The van der Waals surface area contributed by atoms with Crippen LogP contribution < -0.4 is 20.3 Å². The first-order chi connectivity index (χ1) is 13.2. The summed E-state index contributed by atoms with van der Waals surface area (Å²) in [5.74, 6) is 1.78. The van der Waals surface area contributed by atoms with E-state index in [9.17, 15) is 0 Å². The van der Waals surface area contributed by atoms with Crippen molar-refractivity contribution in [3.63, 3.8) is 0 Å². The van der Waals surface area contributed by atoms with E-state index in [4.69, 9.17) is 22.1 Å². The molecule has 3 aromatic rings. The second kappa shape index (κ2) is 7.72. The van der Waals surface area contributed by atoms with Crippen LogP contribution >= 0.6 is 11.6 Å². The van der Waals surface area contributed by atoms with Gasteiger partial charge in [0.1, 0.15) is 17.8 Å². The number of piperazine rings is 1. The van der Waals surface area contributed by atoms with E-state index in [0.717, 1.165) is 36.9 Å². The number of nitrogens with zero attached hydrogens (tertiary/aromatic N) is 4. The van der Waals surface area contributed by atoms with Gasteiger partial charge in [0.05, 0.1) is 0 Å². The first-order valence-electron chi connectivity index (χ1n) is 8.79. The molecule has 0 radical (unpaired) electrons. The minimum absolute atomic E-state index is 0.378. The Hall–Kier alpha value is -2.99. The van der Waals surface area contributed by atoms with Gasteiger partial charge >= 0.3 is 0 Å². The summed E-state index contributed by atoms with van der Waals surface area (Å²) in [5.41, 5.74) is 7.89. The van der Waals surface area contributed by atoms with Crippen molar-refractivity contribution in [2.24, 2.45) is 0 Å². The Kier molecular flexibility index (Phi) is 4.98. The molecular weight excluding hydrogens is 362 g/mol. The Morgan fingerprint density at radius 1 is 0.889 bits per heavy atom. The predicted molar refractivity (Wildman–Crippen MR) is 109 cm³/mol. The summed E-state index contributed by atoms with van der Waals surface area (Å²) in [6, 6.07) is 17.4. The van der Waals surface area contributed by atoms with Crippen LogP contribution in [0.15, 0.2) is 60.9 Å². The third-order valence-electron chi connectivity index (χ3n) is 4.54. The lowest BCUT2D eigenvalue weighted by atomic mass is 10.2. The number of anilines is 3. The molecule has 0 unspecified atom stereocenters. The van der Waals surface area contributed by atoms with E-state index >= 15 is 0 Å². The molecule has 0 bridgehead atoms. The largest absolute Gasteiger partial charge is 0.437 e. The highest BCUT2D eigenvalue weighted by atomic mass is 35.5. The van der Waals surface area contributed by atoms with E-state index in [1.54, 1.807) is 0 Å². The van der Waals surface area contributed by atoms with Crippen LogP contribution in [0.3, 0.4) is 0 Å². The average molecular weight is 382 g/mol. The normalized spacial score (nSPS) is 14.3. The Bertz CT molecular complexity index is 913. The van der Waals surface area contributed by atoms with E-state index in [1.807, 2.05) is 48.5 Å². The highest BCUT2D eigenvalue weighted by Gasteiger charge is 2.22. The fraction of sp³-hybridized carbons (Fsp3) is 0.200. The van der Waals surface area contributed by atoms with Gasteiger partial charge in [0.25, 0.3) is 0 Å². The zero-order chi connectivity index (χ0) is 18.6. The molecule has 0 amide bonds. The van der Waals surface area contributed by atoms with Crippen molar-refractivity contribution in [1.82, 2.24) is 9.97 Å². The molecular formula is C20H20ClN5O. The summed E-state index contributed by atoms with van der Waals surface area (Å²) in [4.78, 5) is 13.0. The monoisotopic (exact) mass is 381 g/mol. The SMILES string of the molecule is Nc1c(Oc2ccccc2)ncnc1N1CCN(c2cccc(Cl)c2)CC1. The van der Waals surface area contributed by atoms with Gasteiger partial charge in [0.2, 0.25) is 5.88 Å². The number of rotatable bonds is 4. The molecule has 2 aromatic carbocycles. The van der Waals surface area contributed by atoms with Gasteiger partial charge in [-0.3, -0.25) is 0 Å². The Labute approximate surface area is 163 Å². The van der Waals surface area contributed by atoms with Gasteiger partial charge in [0.15, 0.2) is 5.82 Å². The number of hydrogen-bond acceptors (Lipinski definition) is 6. The van der Waals surface area contributed by atoms with Crippen molar-refractivity contribution in [2.75, 3.05) is 41.7 Å². The molecule has 1 saturated heterocycles. The molecule has 7 heteroatoms. The fourth-order valence-corrected chi connectivity index (χ4v) is 3.34. The summed E-state index contributed by atoms with van der Waals surface area (Å²) >= 11 is 6.11. The molecule has 2 heterocycles. The molecule has 27 heavy (non-hydrogen) atoms. The molecule has 1 fully saturated rings. The van der Waals surface area contributed by atoms with Crippen LogP contribution in [0, 0.1) is 0 Å². The van der Waals surface area contributed by atoms with Gasteiger partial charge in [-0.1, -0.05) is 35.9 Å². The Morgan fingerprint density at radius 2 is 1.63 bits per heavy atom. The molecule has 0 atom stereocenters. The lowest BCUT2D eigenvalue weighted by Crippen LogP contribution is -2.47. The lowest BCUT2D eigenvalue weighted by molar-refractivity contribution is 0.464. The Balaban J connectivity index is 1.47. The topological polar surface area (TPSA) is 67.5 Å². The Morgan fingerprint density at radius 3 is 2.37 bits per heavy atom. The number of benzene rings is 2. The van der Waals surface area contributed by atoms with Gasteiger partial charge in [-0.15, -0.1) is 0 Å². The van der Waals surface area contributed by atoms with Crippen molar-refractivity contribution in [1.29, 1.82) is 0 Å². The summed E-state index contributed by atoms with van der Waals surface area (Å²) in [7, 11) is 0. The molecule has 6 nitrogen and oxygen atoms in total. The number of nitrogens with two attached hydrogens (primary N) is 1. The summed E-state index contributed by atoms with van der Waals surface area (Å²) in [6.45, 7) is 3.33. The second-order valence-electron chi connectivity index (χ2n) is 6.29. The predicted octanol–water partition coefficient (Wildman–Crippen LogP) is 3.83. The number of para-hydroxylation sites is 1. The van der Waals surface area contributed by atoms with Gasteiger partial charge in [-0.2, -0.15) is 4.98 Å². The van der Waals surface area contributed by atoms with Gasteiger partial charge < -0.3 is 20.3 Å². The second-order valence-corrected chi connectivity index (χ2v) is 6.72. The van der Waals surface area contributed by atoms with Gasteiger partial charge in [-0.25, -0.2) is 4.98 Å². The molecule has 138 valence electrons. The van der Waals surface area contributed by atoms with E-state index in [2.05, 4.69) is 25.8 Å². The quantitative estimate of drug-likeness (QED) is 0.740. The molecule has 1 aliphatic rings. The molecule has 0 saturated carbocycles. The first-order valence-corrected chi connectivity index (χ1v) is 9.17. The standard InChI is InChI=1S/C20H20ClN5O/c21-15-5-4-6-16(13-15)25-9-11-26(12-10-25)19-18(22)20(24-14-23-19)27-17-7-2-1-3-8-17/h1-8,13-14H,9-12,22H2. The van der Waals surface area contributed by atoms with Crippen LogP contribution in [-0.2, 0) is 0 Å². The third-order valence-corrected chi connectivity index (χ3v) is 4.77. The van der Waals surface area contributed by atoms with Gasteiger partial charge in [-0.05, 0) is 30.3 Å². The molecule has 1 aliphatic heterocycles. The molecule has 0 aliphatic carbocycles. The molecule has 4 rings (SSSR count). The first kappa shape index (κ1) is 17.4. The maximum absolute atomic E-state index is 6.30. The molecule has 2 N–H and O–H groups in total. The van der Waals surface area contributed by atoms with Crippen molar-refractivity contribution >= 4 is 28.8 Å². The average Bonchev–Trinajstić information content (AvgIpc) is 2.71. The number of nitrogen functional groups attached to an aromatic ring is 1. The number of halogens is 1. The van der Waals surface area contributed by atoms with E-state index < -0.39 is 0 Å². The highest BCUT2D eigenvalue weighted by molar-refractivity contribution is 6.30. The summed E-state index contributed by atoms with van der Waals surface area (Å²) in [5, 5.41) is 0.748. The zero-order valence-corrected chi connectivity index (χ0v) is 15.5. The number of hydrogen-bond donors (Lipinski definition) is 1. The van der Waals surface area contributed by atoms with E-state index in [0.29, 0.717) is 23.1 Å². The fourth-order valence-electron chi connectivity index (χ4n) is 3.15.